The van der Waals surface area contributed by atoms with Crippen LogP contribution in [0, 0.1) is 12.8 Å². The van der Waals surface area contributed by atoms with Crippen LogP contribution in [0.1, 0.15) is 11.1 Å². The molecule has 0 N–H and O–H groups in total. The number of fused-ring (bicyclic) bond motifs is 1. The summed E-state index contributed by atoms with van der Waals surface area (Å²) in [5.41, 5.74) is 4.10. The van der Waals surface area contributed by atoms with Crippen molar-refractivity contribution in [2.75, 3.05) is 23.3 Å². The predicted octanol–water partition coefficient (Wildman–Crippen LogP) is 6.86. The Bertz CT molecular complexity index is 1480. The maximum Gasteiger partial charge on any atom is 0.204 e. The fraction of sp³-hybridized carbons (Fsp3) is 0.172. The van der Waals surface area contributed by atoms with E-state index in [1.807, 2.05) is 72.8 Å². The van der Waals surface area contributed by atoms with Crippen molar-refractivity contribution < 1.29 is 8.42 Å². The van der Waals surface area contributed by atoms with Crippen molar-refractivity contribution in [3.05, 3.63) is 113 Å². The van der Waals surface area contributed by atoms with E-state index in [-0.39, 0.29) is 5.92 Å². The molecule has 0 spiro atoms. The lowest BCUT2D eigenvalue weighted by molar-refractivity contribution is 0.596. The molecule has 34 heavy (non-hydrogen) atoms. The van der Waals surface area contributed by atoms with Gasteiger partial charge >= 0.3 is 0 Å². The molecule has 0 bridgehead atoms. The van der Waals surface area contributed by atoms with E-state index in [9.17, 15) is 8.42 Å². The lowest BCUT2D eigenvalue weighted by Crippen LogP contribution is -2.40. The number of alkyl halides is 1. The van der Waals surface area contributed by atoms with Crippen LogP contribution in [-0.4, -0.2) is 26.8 Å². The molecule has 3 nitrogen and oxygen atoms in total. The number of rotatable bonds is 5. The molecule has 0 amide bonds. The Morgan fingerprint density at radius 1 is 0.853 bits per heavy atom. The number of sulfone groups is 1. The van der Waals surface area contributed by atoms with Gasteiger partial charge in [0.2, 0.25) is 9.84 Å². The van der Waals surface area contributed by atoms with Crippen LogP contribution in [0.25, 0.3) is 16.3 Å². The maximum atomic E-state index is 14.2. The molecule has 4 aromatic carbocycles. The summed E-state index contributed by atoms with van der Waals surface area (Å²) >= 11 is 3.69. The summed E-state index contributed by atoms with van der Waals surface area (Å²) in [6.45, 7) is 3.16. The lowest BCUT2D eigenvalue weighted by Gasteiger charge is -2.38. The molecule has 1 atom stereocenters. The van der Waals surface area contributed by atoms with E-state index < -0.39 is 9.84 Å². The lowest BCUT2D eigenvalue weighted by atomic mass is 9.90. The van der Waals surface area contributed by atoms with E-state index in [1.54, 1.807) is 12.1 Å². The Kier molecular flexibility index (Phi) is 6.32. The summed E-state index contributed by atoms with van der Waals surface area (Å²) in [6, 6.07) is 31.4. The first-order valence-electron chi connectivity index (χ1n) is 11.4. The average molecular weight is 533 g/mol. The number of aryl methyl sites for hydroxylation is 1. The molecule has 0 saturated carbocycles. The van der Waals surface area contributed by atoms with Crippen molar-refractivity contribution in [3.8, 4) is 0 Å². The van der Waals surface area contributed by atoms with Crippen LogP contribution >= 0.6 is 15.9 Å². The van der Waals surface area contributed by atoms with E-state index in [2.05, 4.69) is 39.9 Å². The molecular weight excluding hydrogens is 506 g/mol. The van der Waals surface area contributed by atoms with Gasteiger partial charge in [-0.2, -0.15) is 0 Å². The largest absolute Gasteiger partial charge is 0.366 e. The minimum atomic E-state index is -3.73. The Labute approximate surface area is 209 Å². The number of nitrogens with zero attached hydrogens (tertiary/aromatic N) is 1. The van der Waals surface area contributed by atoms with Gasteiger partial charge in [0.1, 0.15) is 0 Å². The summed E-state index contributed by atoms with van der Waals surface area (Å²) < 4.78 is 28.5. The van der Waals surface area contributed by atoms with Gasteiger partial charge in [-0.3, -0.25) is 0 Å². The zero-order chi connectivity index (χ0) is 23.7. The van der Waals surface area contributed by atoms with Crippen molar-refractivity contribution in [2.45, 2.75) is 11.8 Å². The molecule has 1 aliphatic rings. The standard InChI is InChI=1S/C29H26BrNO2S/c1-21-9-5-8-14-27(21)31-19-25(18-30)29(23-11-3-2-4-12-23)28(20-31)34(32,33)26-16-15-22-10-6-7-13-24(22)17-26/h2-17,25H,18-20H2,1H3. The van der Waals surface area contributed by atoms with Crippen LogP contribution in [0.4, 0.5) is 5.69 Å². The van der Waals surface area contributed by atoms with E-state index in [1.165, 1.54) is 0 Å². The van der Waals surface area contributed by atoms with Gasteiger partial charge in [0, 0.05) is 23.5 Å². The second kappa shape index (κ2) is 9.40. The van der Waals surface area contributed by atoms with Crippen LogP contribution in [0.2, 0.25) is 0 Å². The van der Waals surface area contributed by atoms with Gasteiger partial charge in [-0.15, -0.1) is 0 Å². The summed E-state index contributed by atoms with van der Waals surface area (Å²) in [6.07, 6.45) is 0. The van der Waals surface area contributed by atoms with E-state index >= 15 is 0 Å². The van der Waals surface area contributed by atoms with E-state index in [0.29, 0.717) is 21.7 Å². The first kappa shape index (κ1) is 22.9. The van der Waals surface area contributed by atoms with Gasteiger partial charge in [-0.1, -0.05) is 94.8 Å². The Morgan fingerprint density at radius 3 is 2.26 bits per heavy atom. The van der Waals surface area contributed by atoms with Crippen molar-refractivity contribution in [1.82, 2.24) is 0 Å². The molecule has 1 heterocycles. The van der Waals surface area contributed by atoms with Gasteiger partial charge in [-0.05, 0) is 52.6 Å². The summed E-state index contributed by atoms with van der Waals surface area (Å²) in [7, 11) is -3.73. The topological polar surface area (TPSA) is 37.4 Å². The first-order valence-corrected chi connectivity index (χ1v) is 14.0. The van der Waals surface area contributed by atoms with E-state index in [0.717, 1.165) is 39.7 Å². The zero-order valence-electron chi connectivity index (χ0n) is 19.0. The SMILES string of the molecule is Cc1ccccc1N1CC(S(=O)(=O)c2ccc3ccccc3c2)=C(c2ccccc2)C(CBr)C1. The molecule has 0 fully saturated rings. The number of anilines is 1. The summed E-state index contributed by atoms with van der Waals surface area (Å²) in [5, 5.41) is 2.63. The third-order valence-electron chi connectivity index (χ3n) is 6.57. The zero-order valence-corrected chi connectivity index (χ0v) is 21.4. The minimum Gasteiger partial charge on any atom is -0.366 e. The molecule has 0 saturated heterocycles. The second-order valence-corrected chi connectivity index (χ2v) is 11.4. The maximum absolute atomic E-state index is 14.2. The second-order valence-electron chi connectivity index (χ2n) is 8.73. The molecule has 1 aliphatic heterocycles. The van der Waals surface area contributed by atoms with Crippen LogP contribution in [0.5, 0.6) is 0 Å². The van der Waals surface area contributed by atoms with Gasteiger partial charge in [0.25, 0.3) is 0 Å². The molecule has 5 heteroatoms. The van der Waals surface area contributed by atoms with Crippen LogP contribution in [-0.2, 0) is 9.84 Å². The van der Waals surface area contributed by atoms with Crippen LogP contribution in [0.15, 0.2) is 107 Å². The van der Waals surface area contributed by atoms with Gasteiger partial charge in [0.15, 0.2) is 0 Å². The predicted molar refractivity (Wildman–Crippen MR) is 145 cm³/mol. The number of hydrogen-bond donors (Lipinski definition) is 0. The van der Waals surface area contributed by atoms with Crippen molar-refractivity contribution in [2.24, 2.45) is 5.92 Å². The van der Waals surface area contributed by atoms with Crippen molar-refractivity contribution >= 4 is 47.8 Å². The number of para-hydroxylation sites is 1. The fourth-order valence-electron chi connectivity index (χ4n) is 4.86. The molecule has 172 valence electrons. The number of benzene rings is 4. The molecule has 0 radical (unpaired) electrons. The highest BCUT2D eigenvalue weighted by molar-refractivity contribution is 9.09. The quantitative estimate of drug-likeness (QED) is 0.264. The smallest absolute Gasteiger partial charge is 0.204 e. The number of hydrogen-bond acceptors (Lipinski definition) is 3. The monoisotopic (exact) mass is 531 g/mol. The Hall–Kier alpha value is -2.89. The van der Waals surface area contributed by atoms with Crippen molar-refractivity contribution in [1.29, 1.82) is 0 Å². The fourth-order valence-corrected chi connectivity index (χ4v) is 7.10. The number of halogens is 1. The average Bonchev–Trinajstić information content (AvgIpc) is 2.88. The van der Waals surface area contributed by atoms with E-state index in [4.69, 9.17) is 0 Å². The first-order chi connectivity index (χ1) is 16.5. The summed E-state index contributed by atoms with van der Waals surface area (Å²) in [4.78, 5) is 3.03. The normalized spacial score (nSPS) is 16.8. The molecular formula is C29H26BrNO2S. The third-order valence-corrected chi connectivity index (χ3v) is 9.22. The van der Waals surface area contributed by atoms with Gasteiger partial charge in [0.05, 0.1) is 16.3 Å². The van der Waals surface area contributed by atoms with Crippen LogP contribution < -0.4 is 4.90 Å². The highest BCUT2D eigenvalue weighted by Gasteiger charge is 2.35. The molecule has 4 aromatic rings. The Balaban J connectivity index is 1.72. The summed E-state index contributed by atoms with van der Waals surface area (Å²) in [5.74, 6) is 0.0287. The molecule has 1 unspecified atom stereocenters. The van der Waals surface area contributed by atoms with Gasteiger partial charge < -0.3 is 4.90 Å². The Morgan fingerprint density at radius 2 is 1.53 bits per heavy atom. The van der Waals surface area contributed by atoms with Crippen LogP contribution in [0.3, 0.4) is 0 Å². The highest BCUT2D eigenvalue weighted by Crippen LogP contribution is 2.40. The molecule has 5 rings (SSSR count). The highest BCUT2D eigenvalue weighted by atomic mass is 79.9. The molecule has 0 aromatic heterocycles. The third kappa shape index (κ3) is 4.19. The molecule has 0 aliphatic carbocycles. The van der Waals surface area contributed by atoms with Crippen molar-refractivity contribution in [3.63, 3.8) is 0 Å². The van der Waals surface area contributed by atoms with Gasteiger partial charge in [-0.25, -0.2) is 8.42 Å². The minimum absolute atomic E-state index is 0.0287.